The van der Waals surface area contributed by atoms with Crippen LogP contribution in [-0.2, 0) is 5.75 Å². The zero-order valence-electron chi connectivity index (χ0n) is 16.4. The average Bonchev–Trinajstić information content (AvgIpc) is 3.38. The van der Waals surface area contributed by atoms with Gasteiger partial charge in [0.05, 0.1) is 5.69 Å². The molecule has 0 bridgehead atoms. The Morgan fingerprint density at radius 3 is 2.54 bits per heavy atom. The van der Waals surface area contributed by atoms with Gasteiger partial charge in [-0.2, -0.15) is 0 Å². The molecular formula is C23H25N3OS. The molecule has 4 nitrogen and oxygen atoms in total. The highest BCUT2D eigenvalue weighted by Gasteiger charge is 2.19. The van der Waals surface area contributed by atoms with Crippen molar-refractivity contribution in [1.82, 2.24) is 14.5 Å². The number of amides is 1. The summed E-state index contributed by atoms with van der Waals surface area (Å²) in [6.07, 6.45) is 6.10. The number of imidazole rings is 1. The van der Waals surface area contributed by atoms with Gasteiger partial charge in [0.25, 0.3) is 5.91 Å². The maximum Gasteiger partial charge on any atom is 0.253 e. The number of carbonyl (C=O) groups excluding carboxylic acids is 1. The Kier molecular flexibility index (Phi) is 5.53. The molecule has 3 aromatic rings. The summed E-state index contributed by atoms with van der Waals surface area (Å²) in [6, 6.07) is 14.5. The molecule has 2 aromatic carbocycles. The molecule has 5 heteroatoms. The van der Waals surface area contributed by atoms with E-state index in [1.807, 2.05) is 29.4 Å². The van der Waals surface area contributed by atoms with E-state index in [2.05, 4.69) is 53.7 Å². The molecule has 144 valence electrons. The maximum absolute atomic E-state index is 12.5. The predicted molar refractivity (Wildman–Crippen MR) is 114 cm³/mol. The second kappa shape index (κ2) is 8.23. The summed E-state index contributed by atoms with van der Waals surface area (Å²) in [7, 11) is 0. The summed E-state index contributed by atoms with van der Waals surface area (Å²) < 4.78 is 2.14. The highest BCUT2D eigenvalue weighted by molar-refractivity contribution is 7.98. The van der Waals surface area contributed by atoms with Crippen molar-refractivity contribution in [2.24, 2.45) is 0 Å². The molecule has 0 atom stereocenters. The van der Waals surface area contributed by atoms with Crippen molar-refractivity contribution < 1.29 is 4.79 Å². The normalized spacial score (nSPS) is 13.9. The largest absolute Gasteiger partial charge is 0.339 e. The van der Waals surface area contributed by atoms with Crippen LogP contribution in [0.3, 0.4) is 0 Å². The van der Waals surface area contributed by atoms with Crippen molar-refractivity contribution in [3.63, 3.8) is 0 Å². The first-order valence-corrected chi connectivity index (χ1v) is 10.7. The number of nitrogens with zero attached hydrogens (tertiary/aromatic N) is 3. The summed E-state index contributed by atoms with van der Waals surface area (Å²) in [6.45, 7) is 6.01. The zero-order valence-corrected chi connectivity index (χ0v) is 17.2. The molecule has 1 saturated heterocycles. The van der Waals surface area contributed by atoms with E-state index in [4.69, 9.17) is 0 Å². The number of carbonyl (C=O) groups is 1. The Hall–Kier alpha value is -2.53. The van der Waals surface area contributed by atoms with E-state index < -0.39 is 0 Å². The quantitative estimate of drug-likeness (QED) is 0.573. The second-order valence-corrected chi connectivity index (χ2v) is 8.30. The Morgan fingerprint density at radius 1 is 1.07 bits per heavy atom. The maximum atomic E-state index is 12.5. The lowest BCUT2D eigenvalue weighted by atomic mass is 10.1. The van der Waals surface area contributed by atoms with Gasteiger partial charge in [-0.15, -0.1) is 0 Å². The Balaban J connectivity index is 1.44. The van der Waals surface area contributed by atoms with Crippen LogP contribution in [-0.4, -0.2) is 33.4 Å². The zero-order chi connectivity index (χ0) is 19.5. The minimum absolute atomic E-state index is 0.155. The van der Waals surface area contributed by atoms with Crippen molar-refractivity contribution in [2.45, 2.75) is 37.6 Å². The van der Waals surface area contributed by atoms with Crippen LogP contribution in [0.1, 0.15) is 39.9 Å². The SMILES string of the molecule is Cc1ccc(-n2ccnc2SCc2ccc(C(=O)N3CCCC3)cc2)c(C)c1. The van der Waals surface area contributed by atoms with E-state index in [1.54, 1.807) is 11.8 Å². The summed E-state index contributed by atoms with van der Waals surface area (Å²) in [4.78, 5) is 19.0. The average molecular weight is 392 g/mol. The fourth-order valence-corrected chi connectivity index (χ4v) is 4.57. The Labute approximate surface area is 170 Å². The molecule has 0 spiro atoms. The molecule has 2 heterocycles. The summed E-state index contributed by atoms with van der Waals surface area (Å²) in [5.41, 5.74) is 5.64. The van der Waals surface area contributed by atoms with E-state index in [0.29, 0.717) is 0 Å². The highest BCUT2D eigenvalue weighted by Crippen LogP contribution is 2.26. The predicted octanol–water partition coefficient (Wildman–Crippen LogP) is 5.02. The van der Waals surface area contributed by atoms with Gasteiger partial charge in [0.2, 0.25) is 0 Å². The first-order valence-electron chi connectivity index (χ1n) is 9.74. The van der Waals surface area contributed by atoms with Crippen LogP contribution in [0.2, 0.25) is 0 Å². The smallest absolute Gasteiger partial charge is 0.253 e. The molecule has 0 N–H and O–H groups in total. The van der Waals surface area contributed by atoms with Gasteiger partial charge in [-0.25, -0.2) is 4.98 Å². The molecule has 0 aliphatic carbocycles. The van der Waals surface area contributed by atoms with Crippen molar-refractivity contribution in [3.8, 4) is 5.69 Å². The van der Waals surface area contributed by atoms with Gasteiger partial charge in [-0.3, -0.25) is 9.36 Å². The lowest BCUT2D eigenvalue weighted by Gasteiger charge is -2.15. The van der Waals surface area contributed by atoms with Gasteiger partial charge < -0.3 is 4.90 Å². The molecule has 1 aromatic heterocycles. The molecule has 1 fully saturated rings. The number of likely N-dealkylation sites (tertiary alicyclic amines) is 1. The van der Waals surface area contributed by atoms with Crippen LogP contribution < -0.4 is 0 Å². The van der Waals surface area contributed by atoms with Crippen LogP contribution in [0.5, 0.6) is 0 Å². The topological polar surface area (TPSA) is 38.1 Å². The number of rotatable bonds is 5. The van der Waals surface area contributed by atoms with E-state index >= 15 is 0 Å². The van der Waals surface area contributed by atoms with Crippen molar-refractivity contribution in [3.05, 3.63) is 77.1 Å². The number of aryl methyl sites for hydroxylation is 2. The third-order valence-electron chi connectivity index (χ3n) is 5.18. The van der Waals surface area contributed by atoms with E-state index in [-0.39, 0.29) is 5.91 Å². The van der Waals surface area contributed by atoms with Crippen LogP contribution in [0, 0.1) is 13.8 Å². The minimum Gasteiger partial charge on any atom is -0.339 e. The molecule has 0 saturated carbocycles. The standard InChI is InChI=1S/C23H25N3OS/c1-17-5-10-21(18(2)15-17)26-14-11-24-23(26)28-16-19-6-8-20(9-7-19)22(27)25-12-3-4-13-25/h5-11,14-15H,3-4,12-13,16H2,1-2H3. The van der Waals surface area contributed by atoms with Crippen molar-refractivity contribution in [2.75, 3.05) is 13.1 Å². The van der Waals surface area contributed by atoms with Crippen LogP contribution in [0.4, 0.5) is 0 Å². The van der Waals surface area contributed by atoms with E-state index in [1.165, 1.54) is 16.7 Å². The Bertz CT molecular complexity index is 972. The molecule has 1 aliphatic heterocycles. The lowest BCUT2D eigenvalue weighted by Crippen LogP contribution is -2.27. The van der Waals surface area contributed by atoms with Gasteiger partial charge >= 0.3 is 0 Å². The number of thioether (sulfide) groups is 1. The van der Waals surface area contributed by atoms with Gasteiger partial charge in [-0.1, -0.05) is 41.6 Å². The molecule has 28 heavy (non-hydrogen) atoms. The molecule has 0 unspecified atom stereocenters. The van der Waals surface area contributed by atoms with Gasteiger partial charge in [0.15, 0.2) is 5.16 Å². The first kappa shape index (κ1) is 18.8. The van der Waals surface area contributed by atoms with Crippen LogP contribution in [0.15, 0.2) is 60.0 Å². The van der Waals surface area contributed by atoms with Crippen LogP contribution in [0.25, 0.3) is 5.69 Å². The molecular weight excluding hydrogens is 366 g/mol. The molecule has 4 rings (SSSR count). The highest BCUT2D eigenvalue weighted by atomic mass is 32.2. The number of aromatic nitrogens is 2. The fourth-order valence-electron chi connectivity index (χ4n) is 3.65. The minimum atomic E-state index is 0.155. The first-order chi connectivity index (χ1) is 13.6. The van der Waals surface area contributed by atoms with Crippen LogP contribution >= 0.6 is 11.8 Å². The lowest BCUT2D eigenvalue weighted by molar-refractivity contribution is 0.0793. The van der Waals surface area contributed by atoms with Crippen molar-refractivity contribution >= 4 is 17.7 Å². The fraction of sp³-hybridized carbons (Fsp3) is 0.304. The van der Waals surface area contributed by atoms with E-state index in [9.17, 15) is 4.79 Å². The summed E-state index contributed by atoms with van der Waals surface area (Å²) in [5.74, 6) is 0.974. The number of benzene rings is 2. The summed E-state index contributed by atoms with van der Waals surface area (Å²) in [5, 5.41) is 0.976. The van der Waals surface area contributed by atoms with Gasteiger partial charge in [0.1, 0.15) is 0 Å². The molecule has 1 amide bonds. The Morgan fingerprint density at radius 2 is 1.82 bits per heavy atom. The van der Waals surface area contributed by atoms with Crippen molar-refractivity contribution in [1.29, 1.82) is 0 Å². The second-order valence-electron chi connectivity index (χ2n) is 7.35. The van der Waals surface area contributed by atoms with E-state index in [0.717, 1.165) is 48.1 Å². The molecule has 0 radical (unpaired) electrons. The number of hydrogen-bond acceptors (Lipinski definition) is 3. The van der Waals surface area contributed by atoms with Gasteiger partial charge in [-0.05, 0) is 56.0 Å². The summed E-state index contributed by atoms with van der Waals surface area (Å²) >= 11 is 1.71. The number of hydrogen-bond donors (Lipinski definition) is 0. The monoisotopic (exact) mass is 391 g/mol. The third-order valence-corrected chi connectivity index (χ3v) is 6.22. The third kappa shape index (κ3) is 3.99. The van der Waals surface area contributed by atoms with Gasteiger partial charge in [0, 0.05) is 36.8 Å². The molecule has 1 aliphatic rings.